The van der Waals surface area contributed by atoms with Crippen molar-refractivity contribution in [2.45, 2.75) is 52.6 Å². The summed E-state index contributed by atoms with van der Waals surface area (Å²) in [7, 11) is 0. The Labute approximate surface area is 129 Å². The first kappa shape index (κ1) is 14.7. The van der Waals surface area contributed by atoms with Crippen LogP contribution in [0, 0.1) is 20.8 Å². The number of aryl methyl sites for hydroxylation is 4. The molecule has 7 nitrogen and oxygen atoms in total. The Balaban J connectivity index is 1.65. The third kappa shape index (κ3) is 2.88. The predicted molar refractivity (Wildman–Crippen MR) is 79.0 cm³/mol. The Morgan fingerprint density at radius 2 is 2.23 bits per heavy atom. The zero-order valence-corrected chi connectivity index (χ0v) is 13.2. The van der Waals surface area contributed by atoms with E-state index < -0.39 is 0 Å². The molecule has 7 heteroatoms. The molecule has 1 amide bonds. The zero-order chi connectivity index (χ0) is 15.7. The summed E-state index contributed by atoms with van der Waals surface area (Å²) in [5.41, 5.74) is 2.06. The molecule has 0 radical (unpaired) electrons. The van der Waals surface area contributed by atoms with Crippen molar-refractivity contribution in [2.24, 2.45) is 0 Å². The summed E-state index contributed by atoms with van der Waals surface area (Å²) in [6.45, 7) is 7.09. The predicted octanol–water partition coefficient (Wildman–Crippen LogP) is 1.95. The normalized spacial score (nSPS) is 18.1. The number of carbonyl (C=O) groups excluding carboxylic acids is 1. The summed E-state index contributed by atoms with van der Waals surface area (Å²) in [4.78, 5) is 18.7. The van der Waals surface area contributed by atoms with E-state index in [9.17, 15) is 4.79 Å². The van der Waals surface area contributed by atoms with Gasteiger partial charge in [0.05, 0.1) is 11.7 Å². The summed E-state index contributed by atoms with van der Waals surface area (Å²) in [6, 6.07) is 1.97. The van der Waals surface area contributed by atoms with Gasteiger partial charge in [-0.05, 0) is 32.8 Å². The second-order valence-corrected chi connectivity index (χ2v) is 5.82. The molecule has 1 fully saturated rings. The van der Waals surface area contributed by atoms with E-state index in [0.717, 1.165) is 30.8 Å². The Bertz CT molecular complexity index is 675. The Morgan fingerprint density at radius 3 is 2.86 bits per heavy atom. The monoisotopic (exact) mass is 303 g/mol. The van der Waals surface area contributed by atoms with Gasteiger partial charge in [-0.1, -0.05) is 5.16 Å². The van der Waals surface area contributed by atoms with Crippen LogP contribution in [0.4, 0.5) is 0 Å². The first-order chi connectivity index (χ1) is 10.5. The second-order valence-electron chi connectivity index (χ2n) is 5.82. The fourth-order valence-corrected chi connectivity index (χ4v) is 3.03. The smallest absolute Gasteiger partial charge is 0.225 e. The SMILES string of the molecule is Cc1cc(C)n(CCC(=O)N2CCCC2c2noc(C)n2)n1. The highest BCUT2D eigenvalue weighted by Gasteiger charge is 2.32. The van der Waals surface area contributed by atoms with Gasteiger partial charge in [-0.3, -0.25) is 9.48 Å². The van der Waals surface area contributed by atoms with Crippen molar-refractivity contribution in [2.75, 3.05) is 6.54 Å². The molecule has 1 aliphatic rings. The molecule has 2 aromatic heterocycles. The molecule has 1 unspecified atom stereocenters. The molecule has 1 atom stereocenters. The van der Waals surface area contributed by atoms with Crippen LogP contribution in [0.1, 0.15) is 48.4 Å². The van der Waals surface area contributed by atoms with Gasteiger partial charge in [0.1, 0.15) is 0 Å². The molecule has 0 bridgehead atoms. The van der Waals surface area contributed by atoms with Crippen LogP contribution in [-0.2, 0) is 11.3 Å². The minimum atomic E-state index is -0.0506. The highest BCUT2D eigenvalue weighted by Crippen LogP contribution is 2.30. The second kappa shape index (κ2) is 5.90. The molecule has 0 aromatic carbocycles. The van der Waals surface area contributed by atoms with Crippen molar-refractivity contribution >= 4 is 5.91 Å². The fourth-order valence-electron chi connectivity index (χ4n) is 3.03. The van der Waals surface area contributed by atoms with Gasteiger partial charge in [-0.25, -0.2) is 0 Å². The van der Waals surface area contributed by atoms with Crippen LogP contribution in [0.2, 0.25) is 0 Å². The van der Waals surface area contributed by atoms with E-state index in [4.69, 9.17) is 4.52 Å². The number of hydrogen-bond donors (Lipinski definition) is 0. The van der Waals surface area contributed by atoms with Gasteiger partial charge >= 0.3 is 0 Å². The van der Waals surface area contributed by atoms with Gasteiger partial charge < -0.3 is 9.42 Å². The number of amides is 1. The minimum absolute atomic E-state index is 0.0506. The molecule has 3 heterocycles. The average molecular weight is 303 g/mol. The van der Waals surface area contributed by atoms with Crippen LogP contribution >= 0.6 is 0 Å². The van der Waals surface area contributed by atoms with Crippen molar-refractivity contribution in [1.82, 2.24) is 24.8 Å². The first-order valence-corrected chi connectivity index (χ1v) is 7.65. The van der Waals surface area contributed by atoms with Gasteiger partial charge in [0, 0.05) is 32.1 Å². The van der Waals surface area contributed by atoms with Crippen molar-refractivity contribution in [3.05, 3.63) is 29.2 Å². The van der Waals surface area contributed by atoms with Gasteiger partial charge in [-0.15, -0.1) is 0 Å². The van der Waals surface area contributed by atoms with E-state index >= 15 is 0 Å². The summed E-state index contributed by atoms with van der Waals surface area (Å²) in [5, 5.41) is 8.36. The van der Waals surface area contributed by atoms with E-state index in [2.05, 4.69) is 15.2 Å². The van der Waals surface area contributed by atoms with Crippen LogP contribution in [0.5, 0.6) is 0 Å². The molecule has 0 saturated carbocycles. The fraction of sp³-hybridized carbons (Fsp3) is 0.600. The topological polar surface area (TPSA) is 77.0 Å². The quantitative estimate of drug-likeness (QED) is 0.862. The Hall–Kier alpha value is -2.18. The molecule has 0 aliphatic carbocycles. The Kier molecular flexibility index (Phi) is 3.96. The largest absolute Gasteiger partial charge is 0.340 e. The van der Waals surface area contributed by atoms with E-state index in [1.165, 1.54) is 0 Å². The summed E-state index contributed by atoms with van der Waals surface area (Å²) >= 11 is 0. The Morgan fingerprint density at radius 1 is 1.41 bits per heavy atom. The lowest BCUT2D eigenvalue weighted by molar-refractivity contribution is -0.132. The lowest BCUT2D eigenvalue weighted by Crippen LogP contribution is -2.31. The van der Waals surface area contributed by atoms with Crippen molar-refractivity contribution in [3.8, 4) is 0 Å². The highest BCUT2D eigenvalue weighted by atomic mass is 16.5. The standard InChI is InChI=1S/C15H21N5O2/c1-10-9-11(2)20(17-10)8-6-14(21)19-7-4-5-13(19)15-16-12(3)22-18-15/h9,13H,4-8H2,1-3H3. The van der Waals surface area contributed by atoms with Crippen LogP contribution in [0.25, 0.3) is 0 Å². The molecule has 1 aliphatic heterocycles. The number of rotatable bonds is 4. The van der Waals surface area contributed by atoms with Crippen LogP contribution in [0.3, 0.4) is 0 Å². The summed E-state index contributed by atoms with van der Waals surface area (Å²) in [5.74, 6) is 1.28. The third-order valence-electron chi connectivity index (χ3n) is 4.06. The number of aromatic nitrogens is 4. The van der Waals surface area contributed by atoms with E-state index in [-0.39, 0.29) is 11.9 Å². The molecule has 118 valence electrons. The van der Waals surface area contributed by atoms with Crippen LogP contribution < -0.4 is 0 Å². The molecule has 0 N–H and O–H groups in total. The van der Waals surface area contributed by atoms with Crippen molar-refractivity contribution in [1.29, 1.82) is 0 Å². The van der Waals surface area contributed by atoms with E-state index in [1.54, 1.807) is 6.92 Å². The van der Waals surface area contributed by atoms with Crippen LogP contribution in [0.15, 0.2) is 10.6 Å². The van der Waals surface area contributed by atoms with Gasteiger partial charge in [0.15, 0.2) is 5.82 Å². The molecular formula is C15H21N5O2. The van der Waals surface area contributed by atoms with Crippen molar-refractivity contribution in [3.63, 3.8) is 0 Å². The maximum Gasteiger partial charge on any atom is 0.225 e. The summed E-state index contributed by atoms with van der Waals surface area (Å²) < 4.78 is 6.93. The molecular weight excluding hydrogens is 282 g/mol. The van der Waals surface area contributed by atoms with Gasteiger partial charge in [-0.2, -0.15) is 10.1 Å². The number of hydrogen-bond acceptors (Lipinski definition) is 5. The van der Waals surface area contributed by atoms with Gasteiger partial charge in [0.25, 0.3) is 0 Å². The molecule has 0 spiro atoms. The highest BCUT2D eigenvalue weighted by molar-refractivity contribution is 5.76. The van der Waals surface area contributed by atoms with Crippen molar-refractivity contribution < 1.29 is 9.32 Å². The maximum absolute atomic E-state index is 12.5. The average Bonchev–Trinajstić information content (AvgIpc) is 3.16. The van der Waals surface area contributed by atoms with E-state index in [0.29, 0.717) is 24.7 Å². The molecule has 1 saturated heterocycles. The van der Waals surface area contributed by atoms with Crippen LogP contribution in [-0.4, -0.2) is 37.3 Å². The molecule has 3 rings (SSSR count). The maximum atomic E-state index is 12.5. The first-order valence-electron chi connectivity index (χ1n) is 7.65. The number of carbonyl (C=O) groups is 1. The van der Waals surface area contributed by atoms with E-state index in [1.807, 2.05) is 29.5 Å². The molecule has 22 heavy (non-hydrogen) atoms. The summed E-state index contributed by atoms with van der Waals surface area (Å²) in [6.07, 6.45) is 2.31. The lowest BCUT2D eigenvalue weighted by Gasteiger charge is -2.22. The molecule has 2 aromatic rings. The van der Waals surface area contributed by atoms with Gasteiger partial charge in [0.2, 0.25) is 11.8 Å². The third-order valence-corrected chi connectivity index (χ3v) is 4.06. The minimum Gasteiger partial charge on any atom is -0.340 e. The lowest BCUT2D eigenvalue weighted by atomic mass is 10.2. The number of nitrogens with zero attached hydrogens (tertiary/aromatic N) is 5. The zero-order valence-electron chi connectivity index (χ0n) is 13.2. The number of likely N-dealkylation sites (tertiary alicyclic amines) is 1.